The molecule has 2 spiro atoms. The van der Waals surface area contributed by atoms with E-state index in [0.29, 0.717) is 72.3 Å². The van der Waals surface area contributed by atoms with E-state index >= 15 is 0 Å². The van der Waals surface area contributed by atoms with Crippen molar-refractivity contribution in [2.45, 2.75) is 167 Å². The van der Waals surface area contributed by atoms with Crippen LogP contribution in [0.3, 0.4) is 0 Å². The molecule has 2 aromatic carbocycles. The number of carbonyl (C=O) groups excluding carboxylic acids is 9. The Hall–Kier alpha value is -8.48. The lowest BCUT2D eigenvalue weighted by molar-refractivity contribution is -0.184. The minimum Gasteiger partial charge on any atom is -0.450 e. The van der Waals surface area contributed by atoms with Crippen LogP contribution in [0, 0.1) is 11.8 Å². The van der Waals surface area contributed by atoms with Gasteiger partial charge in [0.15, 0.2) is 17.8 Å². The van der Waals surface area contributed by atoms with Crippen LogP contribution in [-0.2, 0) is 72.1 Å². The molecule has 6 aliphatic rings. The molecule has 7 amide bonds. The minimum absolute atomic E-state index is 0.00116. The van der Waals surface area contributed by atoms with Crippen LogP contribution in [0.15, 0.2) is 72.8 Å². The number of morpholine rings is 2. The average molecular weight is 1360 g/mol. The standard InChI is InChI=1S/C36H48N6O8.C32H42N6O8S/c1-21(2)29-31(44)38-23(4)32(45)42-16-8-9-27(40-42)30(43)37-22(3)26-13-12-25-11-10-24(19-28(25)39-26)14-15-36(33(46)49-29)20-41(17-18-48-36)34(47)50-35(5,6)7;1-19(2)27-29(40)34-21(4)30(41)38-14-6-7-25(36-38)28(39)33-20(3)24-11-10-23-9-8-22(17-26(23)35-24)12-13-32(31(42)46-27)18-37(15-16-45-32)47(5,43)44/h10-15,19,21-23,27,29,40H,8-9,16-18,20H2,1-7H3,(H,37,43)(H,38,44);8-13,17,19-21,25,27,36H,6-7,14-16,18H2,1-5H3,(H,33,39)(H,34,40)/b15-14+;13-12+/t22-,23+,27+,29+,36?;20-,21+,25+,27+,32?/m11/s1. The first kappa shape index (κ1) is 72.8. The van der Waals surface area contributed by atoms with Gasteiger partial charge in [-0.3, -0.25) is 48.8 Å². The number of pyridine rings is 2. The van der Waals surface area contributed by atoms with Crippen molar-refractivity contribution >= 4 is 97.5 Å². The predicted octanol–water partition coefficient (Wildman–Crippen LogP) is 4.05. The first-order valence-electron chi connectivity index (χ1n) is 32.9. The van der Waals surface area contributed by atoms with Crippen LogP contribution in [0.1, 0.15) is 136 Å². The molecule has 6 N–H and O–H groups in total. The van der Waals surface area contributed by atoms with Crippen LogP contribution < -0.4 is 32.1 Å². The molecule has 8 heterocycles. The third-order valence-corrected chi connectivity index (χ3v) is 18.7. The normalized spacial score (nSPS) is 28.7. The van der Waals surface area contributed by atoms with E-state index in [1.54, 1.807) is 66.7 Å². The average Bonchev–Trinajstić information content (AvgIpc) is 1.04. The Morgan fingerprint density at radius 3 is 1.41 bits per heavy atom. The first-order valence-corrected chi connectivity index (χ1v) is 34.8. The maximum absolute atomic E-state index is 14.2. The van der Waals surface area contributed by atoms with E-state index < -0.39 is 129 Å². The quantitative estimate of drug-likeness (QED) is 0.124. The molecule has 29 heteroatoms. The van der Waals surface area contributed by atoms with Crippen molar-refractivity contribution in [2.24, 2.45) is 11.8 Å². The topological polar surface area (TPSA) is 345 Å². The monoisotopic (exact) mass is 1360 g/mol. The maximum atomic E-state index is 14.2. The Balaban J connectivity index is 0.000000228. The number of sulfonamides is 1. The third kappa shape index (κ3) is 17.6. The summed E-state index contributed by atoms with van der Waals surface area (Å²) in [6.07, 6.45) is 6.26. The van der Waals surface area contributed by atoms with Crippen molar-refractivity contribution in [1.82, 2.24) is 61.3 Å². The van der Waals surface area contributed by atoms with Crippen molar-refractivity contribution in [2.75, 3.05) is 58.7 Å². The van der Waals surface area contributed by atoms with Gasteiger partial charge in [0.25, 0.3) is 23.6 Å². The summed E-state index contributed by atoms with van der Waals surface area (Å²) in [6.45, 7) is 19.0. The summed E-state index contributed by atoms with van der Waals surface area (Å²) in [7, 11) is -3.71. The summed E-state index contributed by atoms with van der Waals surface area (Å²) < 4.78 is 55.6. The highest BCUT2D eigenvalue weighted by Crippen LogP contribution is 2.31. The van der Waals surface area contributed by atoms with Gasteiger partial charge in [0, 0.05) is 37.0 Å². The second kappa shape index (κ2) is 30.1. The number of amides is 7. The summed E-state index contributed by atoms with van der Waals surface area (Å²) >= 11 is 0. The summed E-state index contributed by atoms with van der Waals surface area (Å²) in [6, 6.07) is 14.3. The maximum Gasteiger partial charge on any atom is 0.410 e. The zero-order chi connectivity index (χ0) is 70.5. The number of hydrazine groups is 2. The van der Waals surface area contributed by atoms with Gasteiger partial charge >= 0.3 is 18.0 Å². The van der Waals surface area contributed by atoms with E-state index in [1.807, 2.05) is 68.4 Å². The second-order valence-electron chi connectivity index (χ2n) is 27.2. The van der Waals surface area contributed by atoms with Crippen molar-refractivity contribution in [3.8, 4) is 0 Å². The fourth-order valence-corrected chi connectivity index (χ4v) is 12.7. The zero-order valence-electron chi connectivity index (χ0n) is 57.0. The Bertz CT molecular complexity index is 3860. The molecule has 28 nitrogen and oxygen atoms in total. The van der Waals surface area contributed by atoms with E-state index in [2.05, 4.69) is 32.1 Å². The van der Waals surface area contributed by atoms with Gasteiger partial charge in [0.2, 0.25) is 27.4 Å². The molecule has 524 valence electrons. The summed E-state index contributed by atoms with van der Waals surface area (Å²) in [5.41, 5.74) is 5.46. The molecule has 10 bridgehead atoms. The van der Waals surface area contributed by atoms with Crippen LogP contribution >= 0.6 is 0 Å². The molecule has 4 aromatic rings. The molecule has 10 atom stereocenters. The molecular formula is C68H90N12O16S. The van der Waals surface area contributed by atoms with E-state index in [0.717, 1.165) is 21.3 Å². The van der Waals surface area contributed by atoms with Gasteiger partial charge in [-0.2, -0.15) is 4.31 Å². The number of rotatable bonds is 3. The van der Waals surface area contributed by atoms with Gasteiger partial charge in [-0.1, -0.05) is 76.2 Å². The summed E-state index contributed by atoms with van der Waals surface area (Å²) in [5.74, 6) is -5.67. The number of esters is 2. The Labute approximate surface area is 564 Å². The Morgan fingerprint density at radius 1 is 0.577 bits per heavy atom. The molecule has 0 saturated carbocycles. The van der Waals surface area contributed by atoms with Crippen molar-refractivity contribution < 1.29 is 75.3 Å². The lowest BCUT2D eigenvalue weighted by Crippen LogP contribution is -2.61. The van der Waals surface area contributed by atoms with Crippen LogP contribution in [-0.4, -0.2) is 203 Å². The van der Waals surface area contributed by atoms with Crippen LogP contribution in [0.5, 0.6) is 0 Å². The highest BCUT2D eigenvalue weighted by molar-refractivity contribution is 7.88. The molecule has 4 saturated heterocycles. The minimum atomic E-state index is -3.71. The predicted molar refractivity (Wildman–Crippen MR) is 357 cm³/mol. The fourth-order valence-electron chi connectivity index (χ4n) is 11.9. The van der Waals surface area contributed by atoms with Crippen molar-refractivity contribution in [1.29, 1.82) is 0 Å². The molecule has 10 rings (SSSR count). The molecule has 0 radical (unpaired) electrons. The summed E-state index contributed by atoms with van der Waals surface area (Å²) in [4.78, 5) is 133. The summed E-state index contributed by atoms with van der Waals surface area (Å²) in [5, 5.41) is 15.7. The van der Waals surface area contributed by atoms with Gasteiger partial charge in [-0.25, -0.2) is 33.7 Å². The van der Waals surface area contributed by atoms with Gasteiger partial charge in [0.1, 0.15) is 29.8 Å². The lowest BCUT2D eigenvalue weighted by Gasteiger charge is -2.40. The number of aromatic nitrogens is 2. The van der Waals surface area contributed by atoms with Crippen molar-refractivity contribution in [3.05, 3.63) is 95.3 Å². The van der Waals surface area contributed by atoms with E-state index in [-0.39, 0.29) is 51.2 Å². The fraction of sp³-hybridized carbons (Fsp3) is 0.544. The molecule has 0 aliphatic carbocycles. The van der Waals surface area contributed by atoms with Crippen LogP contribution in [0.4, 0.5) is 4.79 Å². The SMILES string of the molecule is CC(C)[C@@H]1OC(=O)C2(/C=C/c3ccc4ccc(nc4c3)[C@@H](C)NC(=O)[C@@H]3CCCN(N3)C(=O)[C@H](C)NC1=O)CN(C(=O)OC(C)(C)C)CCO2.CC(C)[C@@H]1OC(=O)C2(/C=C/c3ccc4ccc(nc4c3)[C@@H](C)NC(=O)[C@@H]3CCCN(N3)C(=O)[C@H](C)NC1=O)CN(S(C)(=O)=O)CCO2. The number of fused-ring (bicyclic) bond motifs is 8. The lowest BCUT2D eigenvalue weighted by atomic mass is 9.98. The van der Waals surface area contributed by atoms with Gasteiger partial charge < -0.3 is 49.9 Å². The second-order valence-corrected chi connectivity index (χ2v) is 29.2. The van der Waals surface area contributed by atoms with Gasteiger partial charge in [-0.05, 0) is 134 Å². The molecule has 2 aromatic heterocycles. The number of cyclic esters (lactones) is 2. The van der Waals surface area contributed by atoms with E-state index in [4.69, 9.17) is 33.7 Å². The highest BCUT2D eigenvalue weighted by atomic mass is 32.2. The number of hydrogen-bond donors (Lipinski definition) is 6. The number of ether oxygens (including phenoxy) is 5. The number of carbonyl (C=O) groups is 9. The smallest absolute Gasteiger partial charge is 0.410 e. The van der Waals surface area contributed by atoms with Crippen LogP contribution in [0.25, 0.3) is 34.0 Å². The van der Waals surface area contributed by atoms with Gasteiger partial charge in [0.05, 0.1) is 67.1 Å². The Kier molecular flexibility index (Phi) is 22.6. The number of benzene rings is 2. The zero-order valence-corrected chi connectivity index (χ0v) is 57.8. The van der Waals surface area contributed by atoms with Crippen LogP contribution in [0.2, 0.25) is 0 Å². The Morgan fingerprint density at radius 2 is 0.990 bits per heavy atom. The van der Waals surface area contributed by atoms with Crippen molar-refractivity contribution in [3.63, 3.8) is 0 Å². The largest absolute Gasteiger partial charge is 0.450 e. The van der Waals surface area contributed by atoms with E-state index in [1.165, 1.54) is 40.9 Å². The first-order chi connectivity index (χ1) is 45.7. The third-order valence-electron chi connectivity index (χ3n) is 17.4. The molecule has 2 unspecified atom stereocenters. The molecule has 4 fully saturated rings. The number of hydrogen-bond acceptors (Lipinski definition) is 20. The number of nitrogens with zero attached hydrogens (tertiary/aromatic N) is 6. The highest BCUT2D eigenvalue weighted by Gasteiger charge is 2.50. The number of nitrogens with one attached hydrogen (secondary N) is 6. The van der Waals surface area contributed by atoms with Gasteiger partial charge in [-0.15, -0.1) is 0 Å². The molecular weight excluding hydrogens is 1270 g/mol. The molecule has 97 heavy (non-hydrogen) atoms. The van der Waals surface area contributed by atoms with E-state index in [9.17, 15) is 51.6 Å². The molecule has 6 aliphatic heterocycles.